The number of nitrogens with zero attached hydrogens (tertiary/aromatic N) is 2. The van der Waals surface area contributed by atoms with Crippen LogP contribution >= 0.6 is 0 Å². The van der Waals surface area contributed by atoms with Crippen molar-refractivity contribution in [1.82, 2.24) is 15.3 Å². The zero-order chi connectivity index (χ0) is 11.5. The molecule has 1 aliphatic rings. The highest BCUT2D eigenvalue weighted by atomic mass is 15.1. The van der Waals surface area contributed by atoms with E-state index in [-0.39, 0.29) is 0 Å². The second kappa shape index (κ2) is 4.78. The molecular weight excluding hydrogens is 200 g/mol. The Labute approximate surface area is 96.9 Å². The third-order valence-corrected chi connectivity index (χ3v) is 2.72. The minimum Gasteiger partial charge on any atom is -0.369 e. The van der Waals surface area contributed by atoms with Gasteiger partial charge >= 0.3 is 0 Å². The number of rotatable bonds is 3. The molecular formula is C12H20N4. The Kier molecular flexibility index (Phi) is 3.39. The summed E-state index contributed by atoms with van der Waals surface area (Å²) < 4.78 is 0. The first-order valence-electron chi connectivity index (χ1n) is 5.98. The van der Waals surface area contributed by atoms with E-state index < -0.39 is 0 Å². The van der Waals surface area contributed by atoms with E-state index in [1.807, 2.05) is 6.92 Å². The Morgan fingerprint density at radius 3 is 2.94 bits per heavy atom. The zero-order valence-electron chi connectivity index (χ0n) is 10.3. The number of fused-ring (bicyclic) bond motifs is 1. The first kappa shape index (κ1) is 11.3. The van der Waals surface area contributed by atoms with Crippen LogP contribution in [0.15, 0.2) is 0 Å². The molecule has 2 heterocycles. The predicted molar refractivity (Wildman–Crippen MR) is 65.5 cm³/mol. The Bertz CT molecular complexity index is 374. The molecule has 0 aliphatic carbocycles. The van der Waals surface area contributed by atoms with Crippen molar-refractivity contribution in [3.8, 4) is 0 Å². The number of hydrogen-bond donors (Lipinski definition) is 2. The van der Waals surface area contributed by atoms with E-state index in [2.05, 4.69) is 34.4 Å². The van der Waals surface area contributed by atoms with Gasteiger partial charge in [0, 0.05) is 31.6 Å². The van der Waals surface area contributed by atoms with Crippen molar-refractivity contribution < 1.29 is 0 Å². The van der Waals surface area contributed by atoms with E-state index in [1.165, 1.54) is 11.3 Å². The van der Waals surface area contributed by atoms with E-state index in [9.17, 15) is 0 Å². The average Bonchev–Trinajstić information content (AvgIpc) is 2.25. The quantitative estimate of drug-likeness (QED) is 0.810. The molecule has 2 N–H and O–H groups in total. The summed E-state index contributed by atoms with van der Waals surface area (Å²) in [7, 11) is 0. The van der Waals surface area contributed by atoms with Crippen LogP contribution in [0, 0.1) is 12.8 Å². The summed E-state index contributed by atoms with van der Waals surface area (Å²) in [4.78, 5) is 9.01. The van der Waals surface area contributed by atoms with Gasteiger partial charge in [0.2, 0.25) is 0 Å². The largest absolute Gasteiger partial charge is 0.369 e. The minimum atomic E-state index is 0.627. The van der Waals surface area contributed by atoms with Crippen LogP contribution < -0.4 is 10.6 Å². The molecule has 1 aliphatic heterocycles. The first-order valence-corrected chi connectivity index (χ1v) is 5.98. The third-order valence-electron chi connectivity index (χ3n) is 2.72. The van der Waals surface area contributed by atoms with Gasteiger partial charge in [-0.25, -0.2) is 9.97 Å². The normalized spacial score (nSPS) is 15.0. The van der Waals surface area contributed by atoms with Gasteiger partial charge in [-0.05, 0) is 12.8 Å². The minimum absolute atomic E-state index is 0.627. The van der Waals surface area contributed by atoms with Crippen molar-refractivity contribution in [2.24, 2.45) is 5.92 Å². The molecule has 0 amide bonds. The number of hydrogen-bond acceptors (Lipinski definition) is 4. The SMILES string of the molecule is Cc1nc2c(c(NCC(C)C)n1)CNCC2. The molecule has 1 aromatic heterocycles. The molecule has 4 nitrogen and oxygen atoms in total. The maximum atomic E-state index is 4.51. The van der Waals surface area contributed by atoms with Crippen LogP contribution in [0.5, 0.6) is 0 Å². The van der Waals surface area contributed by atoms with Crippen LogP contribution in [0.2, 0.25) is 0 Å². The number of aromatic nitrogens is 2. The highest BCUT2D eigenvalue weighted by Gasteiger charge is 2.16. The van der Waals surface area contributed by atoms with Crippen LogP contribution in [0.4, 0.5) is 5.82 Å². The molecule has 0 fully saturated rings. The van der Waals surface area contributed by atoms with Gasteiger partial charge < -0.3 is 10.6 Å². The number of anilines is 1. The van der Waals surface area contributed by atoms with Gasteiger partial charge in [0.05, 0.1) is 5.69 Å². The molecule has 0 saturated heterocycles. The first-order chi connectivity index (χ1) is 7.66. The van der Waals surface area contributed by atoms with Crippen molar-refractivity contribution in [2.75, 3.05) is 18.4 Å². The van der Waals surface area contributed by atoms with E-state index in [0.29, 0.717) is 5.92 Å². The van der Waals surface area contributed by atoms with Crippen molar-refractivity contribution in [2.45, 2.75) is 33.7 Å². The lowest BCUT2D eigenvalue weighted by Gasteiger charge is -2.20. The lowest BCUT2D eigenvalue weighted by atomic mass is 10.1. The van der Waals surface area contributed by atoms with Crippen molar-refractivity contribution in [3.63, 3.8) is 0 Å². The second-order valence-electron chi connectivity index (χ2n) is 4.75. The topological polar surface area (TPSA) is 49.8 Å². The van der Waals surface area contributed by atoms with Crippen molar-refractivity contribution >= 4 is 5.82 Å². The second-order valence-corrected chi connectivity index (χ2v) is 4.75. The molecule has 0 saturated carbocycles. The molecule has 0 atom stereocenters. The molecule has 4 heteroatoms. The molecule has 2 rings (SSSR count). The van der Waals surface area contributed by atoms with E-state index >= 15 is 0 Å². The molecule has 0 unspecified atom stereocenters. The number of nitrogens with one attached hydrogen (secondary N) is 2. The Morgan fingerprint density at radius 1 is 1.38 bits per heavy atom. The summed E-state index contributed by atoms with van der Waals surface area (Å²) in [5.41, 5.74) is 2.45. The molecule has 0 spiro atoms. The Balaban J connectivity index is 2.25. The van der Waals surface area contributed by atoms with Crippen LogP contribution in [0.25, 0.3) is 0 Å². The van der Waals surface area contributed by atoms with Crippen LogP contribution in [0.1, 0.15) is 30.9 Å². The zero-order valence-corrected chi connectivity index (χ0v) is 10.3. The maximum absolute atomic E-state index is 4.51. The van der Waals surface area contributed by atoms with Gasteiger partial charge in [0.1, 0.15) is 11.6 Å². The highest BCUT2D eigenvalue weighted by Crippen LogP contribution is 2.19. The van der Waals surface area contributed by atoms with E-state index in [4.69, 9.17) is 0 Å². The van der Waals surface area contributed by atoms with Gasteiger partial charge in [-0.2, -0.15) is 0 Å². The lowest BCUT2D eigenvalue weighted by Crippen LogP contribution is -2.27. The van der Waals surface area contributed by atoms with Crippen LogP contribution in [-0.2, 0) is 13.0 Å². The molecule has 88 valence electrons. The Morgan fingerprint density at radius 2 is 2.19 bits per heavy atom. The van der Waals surface area contributed by atoms with E-state index in [1.54, 1.807) is 0 Å². The summed E-state index contributed by atoms with van der Waals surface area (Å²) in [5.74, 6) is 2.51. The monoisotopic (exact) mass is 220 g/mol. The highest BCUT2D eigenvalue weighted by molar-refractivity contribution is 5.47. The van der Waals surface area contributed by atoms with Crippen LogP contribution in [-0.4, -0.2) is 23.1 Å². The lowest BCUT2D eigenvalue weighted by molar-refractivity contribution is 0.620. The summed E-state index contributed by atoms with van der Waals surface area (Å²) in [6, 6.07) is 0. The standard InChI is InChI=1S/C12H20N4/c1-8(2)6-14-12-10-7-13-5-4-11(10)15-9(3)16-12/h8,13H,4-7H2,1-3H3,(H,14,15,16). The molecule has 0 bridgehead atoms. The van der Waals surface area contributed by atoms with Gasteiger partial charge in [-0.15, -0.1) is 0 Å². The van der Waals surface area contributed by atoms with E-state index in [0.717, 1.165) is 37.7 Å². The Hall–Kier alpha value is -1.16. The van der Waals surface area contributed by atoms with Gasteiger partial charge in [-0.1, -0.05) is 13.8 Å². The smallest absolute Gasteiger partial charge is 0.134 e. The summed E-state index contributed by atoms with van der Waals surface area (Å²) in [5, 5.41) is 6.79. The predicted octanol–water partition coefficient (Wildman–Crippen LogP) is 1.50. The fourth-order valence-corrected chi connectivity index (χ4v) is 1.91. The molecule has 0 radical (unpaired) electrons. The van der Waals surface area contributed by atoms with Crippen molar-refractivity contribution in [3.05, 3.63) is 17.1 Å². The molecule has 0 aromatic carbocycles. The number of aryl methyl sites for hydroxylation is 1. The summed E-state index contributed by atoms with van der Waals surface area (Å²) >= 11 is 0. The van der Waals surface area contributed by atoms with Gasteiger partial charge in [0.25, 0.3) is 0 Å². The summed E-state index contributed by atoms with van der Waals surface area (Å²) in [6.45, 7) is 9.23. The summed E-state index contributed by atoms with van der Waals surface area (Å²) in [6.07, 6.45) is 1.01. The molecule has 1 aromatic rings. The van der Waals surface area contributed by atoms with Gasteiger partial charge in [0.15, 0.2) is 0 Å². The third kappa shape index (κ3) is 2.50. The maximum Gasteiger partial charge on any atom is 0.134 e. The fourth-order valence-electron chi connectivity index (χ4n) is 1.91. The average molecular weight is 220 g/mol. The van der Waals surface area contributed by atoms with Crippen molar-refractivity contribution in [1.29, 1.82) is 0 Å². The van der Waals surface area contributed by atoms with Crippen LogP contribution in [0.3, 0.4) is 0 Å². The van der Waals surface area contributed by atoms with Gasteiger partial charge in [-0.3, -0.25) is 0 Å². The fraction of sp³-hybridized carbons (Fsp3) is 0.667. The molecule has 16 heavy (non-hydrogen) atoms.